The third-order valence-electron chi connectivity index (χ3n) is 4.53. The van der Waals surface area contributed by atoms with Crippen LogP contribution in [0.2, 0.25) is 0 Å². The number of rotatable bonds is 4. The molecule has 1 aliphatic heterocycles. The maximum Gasteiger partial charge on any atom is 0.252 e. The Balaban J connectivity index is 2.17. The van der Waals surface area contributed by atoms with Crippen LogP contribution in [-0.4, -0.2) is 42.2 Å². The Morgan fingerprint density at radius 2 is 2.04 bits per heavy atom. The minimum Gasteiger partial charge on any atom is -0.506 e. The molecule has 0 bridgehead atoms. The molecule has 0 aliphatic carbocycles. The Kier molecular flexibility index (Phi) is 4.50. The second kappa shape index (κ2) is 6.56. The van der Waals surface area contributed by atoms with Crippen LogP contribution in [0.5, 0.6) is 5.75 Å². The van der Waals surface area contributed by atoms with E-state index < -0.39 is 5.91 Å². The van der Waals surface area contributed by atoms with Crippen LogP contribution in [0.4, 0.5) is 0 Å². The summed E-state index contributed by atoms with van der Waals surface area (Å²) in [5, 5.41) is 12.2. The van der Waals surface area contributed by atoms with Crippen molar-refractivity contribution in [3.05, 3.63) is 41.5 Å². The van der Waals surface area contributed by atoms with Crippen LogP contribution in [0, 0.1) is 0 Å². The zero-order chi connectivity index (χ0) is 16.4. The number of carbonyl (C=O) groups excluding carboxylic acids is 1. The van der Waals surface area contributed by atoms with Crippen LogP contribution >= 0.6 is 0 Å². The summed E-state index contributed by atoms with van der Waals surface area (Å²) < 4.78 is 5.42. The molecule has 122 valence electrons. The van der Waals surface area contributed by atoms with Gasteiger partial charge in [-0.25, -0.2) is 0 Å². The van der Waals surface area contributed by atoms with Crippen LogP contribution in [0.1, 0.15) is 35.3 Å². The first-order valence-electron chi connectivity index (χ1n) is 7.99. The maximum absolute atomic E-state index is 12.0. The zero-order valence-electron chi connectivity index (χ0n) is 13.3. The van der Waals surface area contributed by atoms with E-state index in [0.29, 0.717) is 18.6 Å². The molecule has 2 aromatic carbocycles. The minimum absolute atomic E-state index is 0.0164. The fourth-order valence-corrected chi connectivity index (χ4v) is 3.44. The highest BCUT2D eigenvalue weighted by Crippen LogP contribution is 2.37. The van der Waals surface area contributed by atoms with E-state index in [2.05, 4.69) is 11.8 Å². The molecule has 2 aromatic rings. The predicted octanol–water partition coefficient (Wildman–Crippen LogP) is 2.43. The molecule has 5 heteroatoms. The van der Waals surface area contributed by atoms with Gasteiger partial charge in [0.15, 0.2) is 0 Å². The van der Waals surface area contributed by atoms with Gasteiger partial charge in [0, 0.05) is 24.5 Å². The third kappa shape index (κ3) is 2.90. The number of nitrogens with zero attached hydrogens (tertiary/aromatic N) is 1. The molecule has 1 heterocycles. The highest BCUT2D eigenvalue weighted by atomic mass is 16.5. The van der Waals surface area contributed by atoms with Crippen LogP contribution < -0.4 is 5.73 Å². The molecule has 0 saturated carbocycles. The van der Waals surface area contributed by atoms with E-state index in [9.17, 15) is 9.90 Å². The lowest BCUT2D eigenvalue weighted by molar-refractivity contribution is 0.0151. The number of aromatic hydroxyl groups is 1. The van der Waals surface area contributed by atoms with Gasteiger partial charge in [-0.1, -0.05) is 31.2 Å². The van der Waals surface area contributed by atoms with Gasteiger partial charge in [-0.3, -0.25) is 9.69 Å². The molecule has 1 fully saturated rings. The number of primary amides is 1. The summed E-state index contributed by atoms with van der Waals surface area (Å²) in [5.74, 6) is -0.604. The predicted molar refractivity (Wildman–Crippen MR) is 89.6 cm³/mol. The zero-order valence-corrected chi connectivity index (χ0v) is 13.3. The molecule has 0 spiro atoms. The van der Waals surface area contributed by atoms with Crippen molar-refractivity contribution in [3.63, 3.8) is 0 Å². The van der Waals surface area contributed by atoms with Gasteiger partial charge in [-0.15, -0.1) is 0 Å². The van der Waals surface area contributed by atoms with Gasteiger partial charge in [0.25, 0.3) is 5.91 Å². The van der Waals surface area contributed by atoms with E-state index in [1.807, 2.05) is 24.3 Å². The highest BCUT2D eigenvalue weighted by Gasteiger charge is 2.27. The summed E-state index contributed by atoms with van der Waals surface area (Å²) in [6.07, 6.45) is 0.831. The first-order valence-corrected chi connectivity index (χ1v) is 7.99. The maximum atomic E-state index is 12.0. The molecule has 1 aliphatic rings. The van der Waals surface area contributed by atoms with Gasteiger partial charge in [-0.05, 0) is 23.4 Å². The summed E-state index contributed by atoms with van der Waals surface area (Å²) in [7, 11) is 0. The largest absolute Gasteiger partial charge is 0.506 e. The number of carbonyl (C=O) groups is 1. The smallest absolute Gasteiger partial charge is 0.252 e. The van der Waals surface area contributed by atoms with Crippen molar-refractivity contribution in [2.24, 2.45) is 5.73 Å². The number of hydrogen-bond donors (Lipinski definition) is 2. The van der Waals surface area contributed by atoms with Crippen LogP contribution in [0.15, 0.2) is 30.3 Å². The van der Waals surface area contributed by atoms with E-state index in [1.54, 1.807) is 6.07 Å². The molecule has 1 atom stereocenters. The molecule has 5 nitrogen and oxygen atoms in total. The van der Waals surface area contributed by atoms with Crippen molar-refractivity contribution in [2.45, 2.75) is 19.4 Å². The van der Waals surface area contributed by atoms with Crippen LogP contribution in [0.3, 0.4) is 0 Å². The van der Waals surface area contributed by atoms with E-state index in [-0.39, 0.29) is 17.4 Å². The molecule has 23 heavy (non-hydrogen) atoms. The number of fused-ring (bicyclic) bond motifs is 1. The Bertz CT molecular complexity index is 724. The van der Waals surface area contributed by atoms with Gasteiger partial charge >= 0.3 is 0 Å². The summed E-state index contributed by atoms with van der Waals surface area (Å²) in [6.45, 7) is 5.07. The van der Waals surface area contributed by atoms with Gasteiger partial charge in [0.05, 0.1) is 18.8 Å². The molecule has 3 N–H and O–H groups in total. The lowest BCUT2D eigenvalue weighted by Crippen LogP contribution is -2.39. The topological polar surface area (TPSA) is 75.8 Å². The van der Waals surface area contributed by atoms with E-state index in [1.165, 1.54) is 0 Å². The quantitative estimate of drug-likeness (QED) is 0.909. The molecular weight excluding hydrogens is 292 g/mol. The highest BCUT2D eigenvalue weighted by molar-refractivity contribution is 6.04. The van der Waals surface area contributed by atoms with Gasteiger partial charge < -0.3 is 15.6 Å². The van der Waals surface area contributed by atoms with Gasteiger partial charge in [0.2, 0.25) is 0 Å². The second-order valence-electron chi connectivity index (χ2n) is 5.85. The number of ether oxygens (including phenoxy) is 1. The first kappa shape index (κ1) is 15.8. The molecule has 3 rings (SSSR count). The van der Waals surface area contributed by atoms with Gasteiger partial charge in [-0.2, -0.15) is 0 Å². The summed E-state index contributed by atoms with van der Waals surface area (Å²) >= 11 is 0. The molecule has 0 radical (unpaired) electrons. The molecule has 1 saturated heterocycles. The average molecular weight is 314 g/mol. The fourth-order valence-electron chi connectivity index (χ4n) is 3.44. The summed E-state index contributed by atoms with van der Waals surface area (Å²) in [5.41, 5.74) is 6.63. The second-order valence-corrected chi connectivity index (χ2v) is 5.85. The van der Waals surface area contributed by atoms with Crippen molar-refractivity contribution in [1.29, 1.82) is 0 Å². The van der Waals surface area contributed by atoms with Gasteiger partial charge in [0.1, 0.15) is 5.75 Å². The summed E-state index contributed by atoms with van der Waals surface area (Å²) in [6, 6.07) is 9.53. The average Bonchev–Trinajstić information content (AvgIpc) is 2.56. The van der Waals surface area contributed by atoms with Crippen molar-refractivity contribution in [3.8, 4) is 5.75 Å². The number of hydrogen-bond acceptors (Lipinski definition) is 4. The standard InChI is InChI=1S/C18H22N2O3/c1-2-15(20-7-9-23-10-8-20)14-11-12-5-3-4-6-13(12)17(21)16(14)18(19)22/h3-6,11,15,21H,2,7-10H2,1H3,(H2,19,22). The Morgan fingerprint density at radius 3 is 2.70 bits per heavy atom. The van der Waals surface area contributed by atoms with Crippen LogP contribution in [-0.2, 0) is 4.74 Å². The van der Waals surface area contributed by atoms with E-state index in [4.69, 9.17) is 10.5 Å². The lowest BCUT2D eigenvalue weighted by Gasteiger charge is -2.35. The number of amides is 1. The Labute approximate surface area is 135 Å². The molecule has 1 unspecified atom stereocenters. The van der Waals surface area contributed by atoms with Crippen LogP contribution in [0.25, 0.3) is 10.8 Å². The Hall–Kier alpha value is -2.11. The first-order chi connectivity index (χ1) is 11.1. The fraction of sp³-hybridized carbons (Fsp3) is 0.389. The minimum atomic E-state index is -0.588. The van der Waals surface area contributed by atoms with Crippen molar-refractivity contribution >= 4 is 16.7 Å². The normalized spacial score (nSPS) is 17.3. The number of benzene rings is 2. The monoisotopic (exact) mass is 314 g/mol. The molecule has 0 aromatic heterocycles. The third-order valence-corrected chi connectivity index (χ3v) is 4.53. The van der Waals surface area contributed by atoms with E-state index in [0.717, 1.165) is 30.5 Å². The molecule has 1 amide bonds. The number of nitrogens with two attached hydrogens (primary N) is 1. The number of phenols is 1. The van der Waals surface area contributed by atoms with Crippen molar-refractivity contribution in [2.75, 3.05) is 26.3 Å². The van der Waals surface area contributed by atoms with E-state index >= 15 is 0 Å². The molecular formula is C18H22N2O3. The lowest BCUT2D eigenvalue weighted by atomic mass is 9.92. The Morgan fingerprint density at radius 1 is 1.35 bits per heavy atom. The SMILES string of the molecule is CCC(c1cc2ccccc2c(O)c1C(N)=O)N1CCOCC1. The number of morpholine rings is 1. The summed E-state index contributed by atoms with van der Waals surface area (Å²) in [4.78, 5) is 14.3. The van der Waals surface area contributed by atoms with Crippen molar-refractivity contribution < 1.29 is 14.6 Å². The van der Waals surface area contributed by atoms with Crippen molar-refractivity contribution in [1.82, 2.24) is 4.90 Å².